The minimum absolute atomic E-state index is 0.0361. The van der Waals surface area contributed by atoms with Crippen LogP contribution in [0.15, 0.2) is 85.5 Å². The number of likely N-dealkylation sites (N-methyl/N-ethyl adjacent to an activating group) is 1. The normalized spacial score (nSPS) is 12.7. The van der Waals surface area contributed by atoms with Gasteiger partial charge in [-0.25, -0.2) is 4.79 Å². The Balaban J connectivity index is 0.000000211. The first-order valence-electron chi connectivity index (χ1n) is 19.7. The largest absolute Gasteiger partial charge is 0.495 e. The van der Waals surface area contributed by atoms with Gasteiger partial charge in [0.2, 0.25) is 0 Å². The lowest BCUT2D eigenvalue weighted by Crippen LogP contribution is -2.46. The van der Waals surface area contributed by atoms with E-state index in [4.69, 9.17) is 65.4 Å². The van der Waals surface area contributed by atoms with Crippen LogP contribution < -0.4 is 29.2 Å². The van der Waals surface area contributed by atoms with Crippen molar-refractivity contribution in [2.75, 3.05) is 71.4 Å². The maximum atomic E-state index is 13.4. The fourth-order valence-electron chi connectivity index (χ4n) is 7.39. The zero-order valence-electron chi connectivity index (χ0n) is 35.2. The monoisotopic (exact) mass is 943 g/mol. The molecule has 330 valence electrons. The van der Waals surface area contributed by atoms with E-state index in [0.29, 0.717) is 83.1 Å². The second-order valence-corrected chi connectivity index (χ2v) is 15.6. The first-order chi connectivity index (χ1) is 30.9. The summed E-state index contributed by atoms with van der Waals surface area (Å²) < 4.78 is 21.4. The van der Waals surface area contributed by atoms with Crippen molar-refractivity contribution in [1.29, 1.82) is 0 Å². The van der Waals surface area contributed by atoms with Gasteiger partial charge < -0.3 is 39.2 Å². The Morgan fingerprint density at radius 3 is 1.41 bits per heavy atom. The molecule has 1 aliphatic rings. The highest BCUT2D eigenvalue weighted by Gasteiger charge is 2.25. The van der Waals surface area contributed by atoms with Gasteiger partial charge in [-0.15, -0.1) is 0 Å². The number of halogens is 4. The minimum atomic E-state index is -1.10. The van der Waals surface area contributed by atoms with E-state index in [-0.39, 0.29) is 27.0 Å². The maximum Gasteiger partial charge on any atom is 0.337 e. The zero-order chi connectivity index (χ0) is 45.7. The molecule has 5 aromatic carbocycles. The number of fused-ring (bicyclic) bond motifs is 2. The van der Waals surface area contributed by atoms with Gasteiger partial charge in [-0.3, -0.25) is 24.7 Å². The molecule has 2 aromatic heterocycles. The minimum Gasteiger partial charge on any atom is -0.495 e. The highest BCUT2D eigenvalue weighted by atomic mass is 35.5. The van der Waals surface area contributed by atoms with Crippen molar-refractivity contribution in [3.8, 4) is 45.3 Å². The molecule has 2 N–H and O–H groups in total. The van der Waals surface area contributed by atoms with Crippen LogP contribution in [-0.2, 0) is 0 Å². The third-order valence-electron chi connectivity index (χ3n) is 10.7. The Hall–Kier alpha value is -6.16. The number of carbonyl (C=O) groups is 2. The number of ether oxygens (including phenoxy) is 4. The number of aromatic carboxylic acids is 1. The fourth-order valence-corrected chi connectivity index (χ4v) is 8.80. The molecule has 0 aliphatic carbocycles. The van der Waals surface area contributed by atoms with Crippen LogP contribution in [0.1, 0.15) is 27.6 Å². The average Bonchev–Trinajstić information content (AvgIpc) is 3.32. The predicted molar refractivity (Wildman–Crippen MR) is 252 cm³/mol. The molecule has 0 radical (unpaired) electrons. The summed E-state index contributed by atoms with van der Waals surface area (Å²) in [5.41, 5.74) is 5.81. The number of carbonyl (C=O) groups excluding carboxylic acids is 1. The highest BCUT2D eigenvalue weighted by Crippen LogP contribution is 2.49. The van der Waals surface area contributed by atoms with Gasteiger partial charge >= 0.3 is 5.97 Å². The Morgan fingerprint density at radius 2 is 1.00 bits per heavy atom. The van der Waals surface area contributed by atoms with Crippen molar-refractivity contribution in [3.63, 3.8) is 0 Å². The molecular weight excluding hydrogens is 904 g/mol. The molecular formula is C46H41Cl4N7O7. The number of carboxylic acid groups (broad SMARTS) is 1. The van der Waals surface area contributed by atoms with Gasteiger partial charge in [0.1, 0.15) is 34.0 Å². The molecule has 0 bridgehead atoms. The van der Waals surface area contributed by atoms with Gasteiger partial charge in [-0.1, -0.05) is 65.5 Å². The van der Waals surface area contributed by atoms with E-state index in [1.165, 1.54) is 46.9 Å². The summed E-state index contributed by atoms with van der Waals surface area (Å²) in [6.07, 6.45) is 6.00. The number of hydrogen-bond acceptors (Lipinski definition) is 12. The molecule has 0 atom stereocenters. The molecule has 0 unspecified atom stereocenters. The summed E-state index contributed by atoms with van der Waals surface area (Å²) in [5, 5.41) is 13.5. The summed E-state index contributed by atoms with van der Waals surface area (Å²) in [5.74, 6) is 0.161. The second-order valence-electron chi connectivity index (χ2n) is 14.1. The smallest absolute Gasteiger partial charge is 0.337 e. The van der Waals surface area contributed by atoms with Crippen molar-refractivity contribution in [2.24, 2.45) is 0 Å². The van der Waals surface area contributed by atoms with E-state index in [1.54, 1.807) is 42.7 Å². The van der Waals surface area contributed by atoms with E-state index in [0.717, 1.165) is 38.4 Å². The summed E-state index contributed by atoms with van der Waals surface area (Å²) in [6.45, 7) is 7.35. The lowest BCUT2D eigenvalue weighted by molar-refractivity contribution is 0.0698. The third-order valence-corrected chi connectivity index (χ3v) is 12.2. The van der Waals surface area contributed by atoms with Crippen molar-refractivity contribution < 1.29 is 33.6 Å². The van der Waals surface area contributed by atoms with Crippen LogP contribution in [0.5, 0.6) is 23.0 Å². The van der Waals surface area contributed by atoms with Gasteiger partial charge in [-0.05, 0) is 42.9 Å². The number of anilines is 2. The third kappa shape index (κ3) is 9.10. The van der Waals surface area contributed by atoms with E-state index in [1.807, 2.05) is 24.3 Å². The number of methoxy groups -OCH3 is 4. The summed E-state index contributed by atoms with van der Waals surface area (Å²) >= 11 is 26.2. The van der Waals surface area contributed by atoms with E-state index >= 15 is 0 Å². The second kappa shape index (κ2) is 20.1. The van der Waals surface area contributed by atoms with Gasteiger partial charge in [0.25, 0.3) is 5.91 Å². The molecule has 14 nitrogen and oxygen atoms in total. The number of aromatic nitrogens is 4. The number of hydrogen-bond donors (Lipinski definition) is 2. The Morgan fingerprint density at radius 1 is 0.594 bits per heavy atom. The number of nitrogens with one attached hydrogen (secondary N) is 1. The van der Waals surface area contributed by atoms with E-state index in [2.05, 4.69) is 42.0 Å². The lowest BCUT2D eigenvalue weighted by Gasteiger charge is -2.35. The Kier molecular flexibility index (Phi) is 14.4. The topological polar surface area (TPSA) is 161 Å². The quantitative estimate of drug-likeness (QED) is 0.126. The van der Waals surface area contributed by atoms with E-state index < -0.39 is 5.97 Å². The van der Waals surface area contributed by atoms with Gasteiger partial charge in [-0.2, -0.15) is 0 Å². The standard InChI is InChI=1S/C29H29Cl2N5O3.C17H12Cl2N2O4/c1-4-35-13-15-36(16-14-35)19-7-5-18(6-8-19)34-29(37)21-10-9-20(27-28(21)33-12-11-32-27)24-25(30)22(38-2)17-23(39-3)26(24)31;1-24-10-7-11(25-2)14(19)12(13(10)18)8-3-4-9(17(22)23)16-15(8)20-5-6-21-16/h5-12,17H,4,13-16H2,1-3H3,(H,34,37);3-7H,1-2H3,(H,22,23). The zero-order valence-corrected chi connectivity index (χ0v) is 38.2. The van der Waals surface area contributed by atoms with Gasteiger partial charge in [0.15, 0.2) is 0 Å². The molecule has 0 spiro atoms. The van der Waals surface area contributed by atoms with Crippen LogP contribution >= 0.6 is 46.4 Å². The van der Waals surface area contributed by atoms with Crippen molar-refractivity contribution >= 4 is 91.7 Å². The lowest BCUT2D eigenvalue weighted by atomic mass is 9.99. The molecule has 1 amide bonds. The number of amides is 1. The predicted octanol–water partition coefficient (Wildman–Crippen LogP) is 10.3. The maximum absolute atomic E-state index is 13.4. The Bertz CT molecular complexity index is 2820. The van der Waals surface area contributed by atoms with Crippen molar-refractivity contribution in [1.82, 2.24) is 24.8 Å². The first-order valence-corrected chi connectivity index (χ1v) is 21.3. The summed E-state index contributed by atoms with van der Waals surface area (Å²) in [6, 6.07) is 17.6. The van der Waals surface area contributed by atoms with Crippen molar-refractivity contribution in [2.45, 2.75) is 6.92 Å². The van der Waals surface area contributed by atoms with Gasteiger partial charge in [0.05, 0.1) is 70.7 Å². The van der Waals surface area contributed by atoms with Gasteiger partial charge in [0, 0.05) is 96.7 Å². The SMILES string of the molecule is CCN1CCN(c2ccc(NC(=O)c3ccc(-c4c(Cl)c(OC)cc(OC)c4Cl)c4nccnc34)cc2)CC1.COc1cc(OC)c(Cl)c(-c2ccc(C(=O)O)c3nccnc23)c1Cl. The van der Waals surface area contributed by atoms with Crippen molar-refractivity contribution in [3.05, 3.63) is 117 Å². The van der Waals surface area contributed by atoms with Crippen LogP contribution in [0.4, 0.5) is 11.4 Å². The number of piperazine rings is 1. The molecule has 64 heavy (non-hydrogen) atoms. The van der Waals surface area contributed by atoms with Crippen LogP contribution in [0.2, 0.25) is 20.1 Å². The summed E-state index contributed by atoms with van der Waals surface area (Å²) in [7, 11) is 5.98. The molecule has 7 aromatic rings. The molecule has 1 fully saturated rings. The molecule has 0 saturated carbocycles. The fraction of sp³-hybridized carbons (Fsp3) is 0.217. The molecule has 18 heteroatoms. The van der Waals surface area contributed by atoms with E-state index in [9.17, 15) is 14.7 Å². The van der Waals surface area contributed by atoms with Crippen LogP contribution in [-0.4, -0.2) is 103 Å². The number of rotatable bonds is 11. The molecule has 8 rings (SSSR count). The molecule has 1 saturated heterocycles. The molecule has 3 heterocycles. The van der Waals surface area contributed by atoms with Crippen LogP contribution in [0.25, 0.3) is 44.3 Å². The van der Waals surface area contributed by atoms with Crippen LogP contribution in [0.3, 0.4) is 0 Å². The number of nitrogens with zero attached hydrogens (tertiary/aromatic N) is 6. The van der Waals surface area contributed by atoms with Crippen LogP contribution in [0, 0.1) is 0 Å². The average molecular weight is 946 g/mol. The summed E-state index contributed by atoms with van der Waals surface area (Å²) in [4.78, 5) is 47.0. The Labute approximate surface area is 388 Å². The highest BCUT2D eigenvalue weighted by molar-refractivity contribution is 6.42. The number of carboxylic acids is 1. The molecule has 1 aliphatic heterocycles. The number of benzene rings is 5. The first kappa shape index (κ1) is 45.9.